The first-order valence-corrected chi connectivity index (χ1v) is 8.01. The molecule has 1 unspecified atom stereocenters. The summed E-state index contributed by atoms with van der Waals surface area (Å²) in [6.07, 6.45) is 2.88. The highest BCUT2D eigenvalue weighted by atomic mass is 32.2. The number of rotatable bonds is 5. The van der Waals surface area contributed by atoms with Crippen LogP contribution in [-0.4, -0.2) is 55.0 Å². The monoisotopic (exact) mass is 303 g/mol. The summed E-state index contributed by atoms with van der Waals surface area (Å²) in [7, 11) is -3.94. The van der Waals surface area contributed by atoms with Gasteiger partial charge in [-0.25, -0.2) is 4.90 Å². The summed E-state index contributed by atoms with van der Waals surface area (Å²) in [6, 6.07) is 3.46. The van der Waals surface area contributed by atoms with Gasteiger partial charge in [0.1, 0.15) is 0 Å². The lowest BCUT2D eigenvalue weighted by Gasteiger charge is -2.27. The number of nitrogens with zero attached hydrogens (tertiary/aromatic N) is 2. The molecular weight excluding hydrogens is 284 g/mol. The quantitative estimate of drug-likeness (QED) is 0.546. The fourth-order valence-electron chi connectivity index (χ4n) is 2.03. The van der Waals surface area contributed by atoms with E-state index < -0.39 is 16.5 Å². The summed E-state index contributed by atoms with van der Waals surface area (Å²) in [5.41, 5.74) is 0.785. The predicted molar refractivity (Wildman–Crippen MR) is 70.4 cm³/mol. The van der Waals surface area contributed by atoms with Gasteiger partial charge in [0.2, 0.25) is 0 Å². The van der Waals surface area contributed by atoms with Crippen LogP contribution in [-0.2, 0) is 21.3 Å². The Morgan fingerprint density at radius 1 is 1.30 bits per heavy atom. The first-order valence-electron chi connectivity index (χ1n) is 6.40. The number of aliphatic hydroxyl groups is 1. The molecule has 1 aromatic rings. The largest absolute Gasteiger partial charge is 0.379 e. The molecule has 112 valence electrons. The number of aryl methyl sites for hydroxylation is 1. The van der Waals surface area contributed by atoms with Gasteiger partial charge >= 0.3 is 6.35 Å². The van der Waals surface area contributed by atoms with Crippen LogP contribution in [0.1, 0.15) is 11.9 Å². The molecule has 2 heterocycles. The zero-order chi connectivity index (χ0) is 14.6. The molecule has 0 radical (unpaired) electrons. The van der Waals surface area contributed by atoms with Crippen molar-refractivity contribution in [3.63, 3.8) is 0 Å². The van der Waals surface area contributed by atoms with Crippen LogP contribution < -0.4 is 4.57 Å². The van der Waals surface area contributed by atoms with E-state index in [-0.39, 0.29) is 12.2 Å². The zero-order valence-electron chi connectivity index (χ0n) is 11.1. The van der Waals surface area contributed by atoms with Gasteiger partial charge in [0.05, 0.1) is 19.0 Å². The maximum Gasteiger partial charge on any atom is 0.324 e. The highest BCUT2D eigenvalue weighted by Gasteiger charge is 2.25. The van der Waals surface area contributed by atoms with E-state index in [2.05, 4.69) is 0 Å². The molecule has 0 aromatic carbocycles. The maximum atomic E-state index is 10.7. The smallest absolute Gasteiger partial charge is 0.324 e. The predicted octanol–water partition coefficient (Wildman–Crippen LogP) is -0.815. The molecule has 1 atom stereocenters. The second kappa shape index (κ2) is 6.59. The van der Waals surface area contributed by atoms with Gasteiger partial charge in [-0.05, 0) is 12.0 Å². The van der Waals surface area contributed by atoms with Crippen LogP contribution in [0.2, 0.25) is 0 Å². The number of morpholine rings is 1. The third-order valence-corrected chi connectivity index (χ3v) is 3.93. The minimum absolute atomic E-state index is 0.243. The van der Waals surface area contributed by atoms with Gasteiger partial charge in [0.15, 0.2) is 12.4 Å². The van der Waals surface area contributed by atoms with E-state index in [0.717, 1.165) is 5.56 Å². The van der Waals surface area contributed by atoms with Crippen molar-refractivity contribution < 1.29 is 27.4 Å². The van der Waals surface area contributed by atoms with Gasteiger partial charge in [-0.3, -0.25) is 4.55 Å². The van der Waals surface area contributed by atoms with Crippen LogP contribution in [0.15, 0.2) is 24.5 Å². The molecule has 20 heavy (non-hydrogen) atoms. The molecule has 1 aliphatic heterocycles. The Morgan fingerprint density at radius 3 is 2.45 bits per heavy atom. The summed E-state index contributed by atoms with van der Waals surface area (Å²) in [4.78, 5) is 1.89. The van der Waals surface area contributed by atoms with Crippen molar-refractivity contribution in [3.05, 3.63) is 30.1 Å². The lowest BCUT2D eigenvalue weighted by Crippen LogP contribution is -2.52. The Bertz CT molecular complexity index is 525. The number of hydrogen-bond donors (Lipinski definition) is 2. The highest BCUT2D eigenvalue weighted by molar-refractivity contribution is 7.85. The van der Waals surface area contributed by atoms with Crippen molar-refractivity contribution in [2.75, 3.05) is 32.1 Å². The first-order chi connectivity index (χ1) is 9.46. The number of aliphatic hydroxyl groups excluding tert-OH is 1. The van der Waals surface area contributed by atoms with Crippen molar-refractivity contribution in [1.82, 2.24) is 4.90 Å². The number of ether oxygens (including phenoxy) is 1. The zero-order valence-corrected chi connectivity index (χ0v) is 11.9. The number of hydrogen-bond acceptors (Lipinski definition) is 5. The lowest BCUT2D eigenvalue weighted by molar-refractivity contribution is -0.783. The van der Waals surface area contributed by atoms with E-state index in [1.165, 1.54) is 0 Å². The Labute approximate surface area is 118 Å². The topological polar surface area (TPSA) is 91.0 Å². The van der Waals surface area contributed by atoms with Gasteiger partial charge in [0, 0.05) is 25.2 Å². The molecule has 1 aromatic heterocycles. The normalized spacial score (nSPS) is 18.9. The molecule has 0 aliphatic carbocycles. The molecule has 2 N–H and O–H groups in total. The van der Waals surface area contributed by atoms with E-state index in [1.807, 2.05) is 4.90 Å². The minimum Gasteiger partial charge on any atom is -0.379 e. The summed E-state index contributed by atoms with van der Waals surface area (Å²) < 4.78 is 36.9. The second-order valence-electron chi connectivity index (χ2n) is 4.68. The van der Waals surface area contributed by atoms with Crippen LogP contribution in [0.4, 0.5) is 0 Å². The molecular formula is C12H19N2O5S+. The van der Waals surface area contributed by atoms with Crippen LogP contribution >= 0.6 is 0 Å². The van der Waals surface area contributed by atoms with Crippen molar-refractivity contribution in [2.45, 2.75) is 12.8 Å². The van der Waals surface area contributed by atoms with Gasteiger partial charge < -0.3 is 9.84 Å². The van der Waals surface area contributed by atoms with Crippen LogP contribution in [0.3, 0.4) is 0 Å². The number of aromatic nitrogens is 1. The Kier molecular flexibility index (Phi) is 5.06. The maximum absolute atomic E-state index is 10.7. The third kappa shape index (κ3) is 4.50. The Morgan fingerprint density at radius 2 is 1.90 bits per heavy atom. The SMILES string of the molecule is O=S(=O)(O)CCc1cc[n+](C(O)N2CCOCC2)cc1. The average molecular weight is 303 g/mol. The Hall–Kier alpha value is -1.06. The fourth-order valence-corrected chi connectivity index (χ4v) is 2.53. The van der Waals surface area contributed by atoms with Gasteiger partial charge in [-0.2, -0.15) is 13.0 Å². The van der Waals surface area contributed by atoms with E-state index in [4.69, 9.17) is 9.29 Å². The third-order valence-electron chi connectivity index (χ3n) is 3.21. The van der Waals surface area contributed by atoms with Crippen molar-refractivity contribution in [1.29, 1.82) is 0 Å². The average Bonchev–Trinajstić information content (AvgIpc) is 2.45. The minimum atomic E-state index is -3.94. The van der Waals surface area contributed by atoms with Gasteiger partial charge in [-0.15, -0.1) is 0 Å². The standard InChI is InChI=1S/C12H18N2O5S/c15-12(14-6-8-19-9-7-14)13-4-1-11(2-5-13)3-10-20(16,17)18/h1-2,4-5,12,15H,3,6-10H2/p+1. The summed E-state index contributed by atoms with van der Waals surface area (Å²) in [5.74, 6) is -0.303. The van der Waals surface area contributed by atoms with E-state index in [9.17, 15) is 13.5 Å². The lowest BCUT2D eigenvalue weighted by atomic mass is 10.2. The van der Waals surface area contributed by atoms with Crippen LogP contribution in [0.25, 0.3) is 0 Å². The first kappa shape index (κ1) is 15.3. The summed E-state index contributed by atoms with van der Waals surface area (Å²) >= 11 is 0. The van der Waals surface area contributed by atoms with Crippen molar-refractivity contribution >= 4 is 10.1 Å². The molecule has 1 aliphatic rings. The molecule has 0 amide bonds. The molecule has 1 saturated heterocycles. The Balaban J connectivity index is 1.96. The van der Waals surface area contributed by atoms with E-state index >= 15 is 0 Å². The van der Waals surface area contributed by atoms with Crippen LogP contribution in [0.5, 0.6) is 0 Å². The molecule has 2 rings (SSSR count). The molecule has 7 nitrogen and oxygen atoms in total. The molecule has 1 fully saturated rings. The van der Waals surface area contributed by atoms with E-state index in [0.29, 0.717) is 26.3 Å². The molecule has 0 bridgehead atoms. The molecule has 0 spiro atoms. The number of pyridine rings is 1. The highest BCUT2D eigenvalue weighted by Crippen LogP contribution is 2.06. The van der Waals surface area contributed by atoms with Crippen molar-refractivity contribution in [2.24, 2.45) is 0 Å². The van der Waals surface area contributed by atoms with Crippen molar-refractivity contribution in [3.8, 4) is 0 Å². The summed E-state index contributed by atoms with van der Waals surface area (Å²) in [6.45, 7) is 2.53. The molecule has 0 saturated carbocycles. The summed E-state index contributed by atoms with van der Waals surface area (Å²) in [5, 5.41) is 10.2. The second-order valence-corrected chi connectivity index (χ2v) is 6.26. The van der Waals surface area contributed by atoms with Crippen LogP contribution in [0, 0.1) is 0 Å². The van der Waals surface area contributed by atoms with E-state index in [1.54, 1.807) is 29.1 Å². The fraction of sp³-hybridized carbons (Fsp3) is 0.583. The molecule has 8 heteroatoms. The van der Waals surface area contributed by atoms with Gasteiger partial charge in [-0.1, -0.05) is 0 Å². The van der Waals surface area contributed by atoms with Gasteiger partial charge in [0.25, 0.3) is 10.1 Å².